The van der Waals surface area contributed by atoms with E-state index in [4.69, 9.17) is 5.73 Å². The number of imide groups is 1. The number of nitrogens with one attached hydrogen (secondary N) is 3. The Kier molecular flexibility index (Phi) is 8.97. The highest BCUT2D eigenvalue weighted by Crippen LogP contribution is 2.07. The summed E-state index contributed by atoms with van der Waals surface area (Å²) in [5.74, 6) is -3.02. The van der Waals surface area contributed by atoms with Crippen LogP contribution in [0.1, 0.15) is 33.6 Å². The molecule has 0 aromatic heterocycles. The molecule has 0 fully saturated rings. The number of primary amides is 1. The molecule has 0 aliphatic carbocycles. The van der Waals surface area contributed by atoms with Crippen molar-refractivity contribution in [2.75, 3.05) is 13.1 Å². The molecular formula is C18H27N5O6. The molecule has 2 atom stereocenters. The van der Waals surface area contributed by atoms with Gasteiger partial charge in [-0.25, -0.2) is 4.79 Å². The maximum Gasteiger partial charge on any atom is 0.312 e. The fourth-order valence-corrected chi connectivity index (χ4v) is 2.64. The number of Topliss-reactive ketones (excluding diaryl/α,β-unsaturated/α-hetero) is 1. The maximum atomic E-state index is 12.6. The molecule has 0 spiro atoms. The van der Waals surface area contributed by atoms with Gasteiger partial charge in [0.15, 0.2) is 5.78 Å². The minimum atomic E-state index is -0.964. The fraction of sp³-hybridized carbons (Fsp3) is 0.556. The Morgan fingerprint density at radius 3 is 2.14 bits per heavy atom. The molecule has 0 radical (unpaired) electrons. The van der Waals surface area contributed by atoms with Crippen LogP contribution in [0.4, 0.5) is 4.79 Å². The van der Waals surface area contributed by atoms with Gasteiger partial charge >= 0.3 is 6.03 Å². The first-order chi connectivity index (χ1) is 13.5. The van der Waals surface area contributed by atoms with E-state index in [0.717, 1.165) is 17.1 Å². The van der Waals surface area contributed by atoms with E-state index in [-0.39, 0.29) is 24.7 Å². The van der Waals surface area contributed by atoms with Crippen molar-refractivity contribution >= 4 is 35.4 Å². The van der Waals surface area contributed by atoms with Crippen molar-refractivity contribution in [1.82, 2.24) is 20.9 Å². The van der Waals surface area contributed by atoms with Crippen molar-refractivity contribution < 1.29 is 28.8 Å². The summed E-state index contributed by atoms with van der Waals surface area (Å²) in [7, 11) is 0. The topological polar surface area (TPSA) is 168 Å². The minimum absolute atomic E-state index is 0.255. The van der Waals surface area contributed by atoms with Crippen molar-refractivity contribution in [1.29, 1.82) is 0 Å². The Bertz CT molecular complexity index is 700. The van der Waals surface area contributed by atoms with Crippen LogP contribution in [0, 0.1) is 5.92 Å². The van der Waals surface area contributed by atoms with Crippen LogP contribution in [0.5, 0.6) is 0 Å². The fourth-order valence-electron chi connectivity index (χ4n) is 2.64. The van der Waals surface area contributed by atoms with Gasteiger partial charge in [0, 0.05) is 18.7 Å². The van der Waals surface area contributed by atoms with E-state index in [2.05, 4.69) is 16.0 Å². The van der Waals surface area contributed by atoms with Crippen molar-refractivity contribution in [2.45, 2.75) is 45.7 Å². The van der Waals surface area contributed by atoms with Crippen LogP contribution in [0.15, 0.2) is 12.2 Å². The van der Waals surface area contributed by atoms with Crippen molar-refractivity contribution in [2.24, 2.45) is 11.7 Å². The normalized spacial score (nSPS) is 15.2. The van der Waals surface area contributed by atoms with Gasteiger partial charge < -0.3 is 21.7 Å². The molecule has 5 N–H and O–H groups in total. The third-order valence-electron chi connectivity index (χ3n) is 4.24. The number of urea groups is 1. The van der Waals surface area contributed by atoms with E-state index in [9.17, 15) is 28.8 Å². The first-order valence-electron chi connectivity index (χ1n) is 9.20. The molecule has 0 saturated carbocycles. The van der Waals surface area contributed by atoms with Crippen LogP contribution in [-0.4, -0.2) is 65.5 Å². The van der Waals surface area contributed by atoms with Crippen LogP contribution in [0.25, 0.3) is 0 Å². The number of ketones is 1. The van der Waals surface area contributed by atoms with Gasteiger partial charge in [-0.15, -0.1) is 0 Å². The average molecular weight is 409 g/mol. The molecule has 1 heterocycles. The Hall–Kier alpha value is -3.24. The molecule has 160 valence electrons. The van der Waals surface area contributed by atoms with Crippen LogP contribution < -0.4 is 21.7 Å². The van der Waals surface area contributed by atoms with E-state index in [1.807, 2.05) is 0 Å². The molecule has 1 aliphatic rings. The van der Waals surface area contributed by atoms with Gasteiger partial charge in [0.25, 0.3) is 11.8 Å². The number of nitrogens with two attached hydrogens (primary N) is 1. The first kappa shape index (κ1) is 23.8. The minimum Gasteiger partial charge on any atom is -0.352 e. The monoisotopic (exact) mass is 409 g/mol. The number of carbonyl (C=O) groups excluding carboxylic acids is 6. The van der Waals surface area contributed by atoms with Gasteiger partial charge in [-0.1, -0.05) is 13.8 Å². The number of nitrogens with zero attached hydrogens (tertiary/aromatic N) is 1. The van der Waals surface area contributed by atoms with E-state index in [1.165, 1.54) is 6.92 Å². The summed E-state index contributed by atoms with van der Waals surface area (Å²) in [5, 5.41) is 7.49. The number of carbonyl (C=O) groups is 6. The maximum absolute atomic E-state index is 12.6. The highest BCUT2D eigenvalue weighted by Gasteiger charge is 2.30. The second kappa shape index (κ2) is 10.9. The van der Waals surface area contributed by atoms with Crippen LogP contribution in [0.2, 0.25) is 0 Å². The molecule has 11 heteroatoms. The molecule has 0 aromatic rings. The van der Waals surface area contributed by atoms with Crippen LogP contribution >= 0.6 is 0 Å². The molecule has 1 aliphatic heterocycles. The number of amides is 6. The summed E-state index contributed by atoms with van der Waals surface area (Å²) in [6.45, 7) is 4.49. The van der Waals surface area contributed by atoms with E-state index in [0.29, 0.717) is 6.42 Å². The third-order valence-corrected chi connectivity index (χ3v) is 4.24. The molecule has 29 heavy (non-hydrogen) atoms. The smallest absolute Gasteiger partial charge is 0.312 e. The predicted molar refractivity (Wildman–Crippen MR) is 102 cm³/mol. The molecule has 0 saturated heterocycles. The highest BCUT2D eigenvalue weighted by molar-refractivity contribution is 6.14. The first-order valence-corrected chi connectivity index (χ1v) is 9.20. The lowest BCUT2D eigenvalue weighted by Gasteiger charge is -2.25. The van der Waals surface area contributed by atoms with Gasteiger partial charge in [-0.3, -0.25) is 28.9 Å². The van der Waals surface area contributed by atoms with Crippen molar-refractivity contribution in [3.8, 4) is 0 Å². The van der Waals surface area contributed by atoms with Gasteiger partial charge in [-0.2, -0.15) is 0 Å². The van der Waals surface area contributed by atoms with Crippen LogP contribution in [0.3, 0.4) is 0 Å². The van der Waals surface area contributed by atoms with Gasteiger partial charge in [-0.05, 0) is 25.7 Å². The molecule has 1 rings (SSSR count). The van der Waals surface area contributed by atoms with Gasteiger partial charge in [0.05, 0.1) is 6.04 Å². The molecule has 6 amide bonds. The zero-order chi connectivity index (χ0) is 22.1. The molecule has 1 unspecified atom stereocenters. The number of hydrogen-bond donors (Lipinski definition) is 4. The van der Waals surface area contributed by atoms with Crippen molar-refractivity contribution in [3.63, 3.8) is 0 Å². The summed E-state index contributed by atoms with van der Waals surface area (Å²) >= 11 is 0. The summed E-state index contributed by atoms with van der Waals surface area (Å²) in [4.78, 5) is 71.2. The number of hydrogen-bond acceptors (Lipinski definition) is 6. The van der Waals surface area contributed by atoms with E-state index >= 15 is 0 Å². The summed E-state index contributed by atoms with van der Waals surface area (Å²) in [5.41, 5.74) is 4.97. The van der Waals surface area contributed by atoms with Crippen LogP contribution in [-0.2, 0) is 24.0 Å². The lowest BCUT2D eigenvalue weighted by atomic mass is 10.0. The Balaban J connectivity index is 2.66. The van der Waals surface area contributed by atoms with Crippen molar-refractivity contribution in [3.05, 3.63) is 12.2 Å². The standard InChI is InChI=1S/C18H27N5O6/c1-10(2)16(22-13(25)9-23-14(26)6-7-15(23)27)17(28)21-12(11(3)24)5-4-8-20-18(19)29/h6-7,10,12,16H,4-5,8-9H2,1-3H3,(H,21,28)(H,22,25)(H3,19,20,29)/t12-,16?/m1/s1. The lowest BCUT2D eigenvalue weighted by Crippen LogP contribution is -2.55. The highest BCUT2D eigenvalue weighted by atomic mass is 16.2. The number of rotatable bonds is 11. The quantitative estimate of drug-likeness (QED) is 0.241. The zero-order valence-corrected chi connectivity index (χ0v) is 16.7. The summed E-state index contributed by atoms with van der Waals surface area (Å²) in [6.07, 6.45) is 2.82. The van der Waals surface area contributed by atoms with Gasteiger partial charge in [0.1, 0.15) is 12.6 Å². The van der Waals surface area contributed by atoms with Gasteiger partial charge in [0.2, 0.25) is 11.8 Å². The lowest BCUT2D eigenvalue weighted by molar-refractivity contribution is -0.141. The van der Waals surface area contributed by atoms with E-state index < -0.39 is 48.3 Å². The Morgan fingerprint density at radius 2 is 1.66 bits per heavy atom. The largest absolute Gasteiger partial charge is 0.352 e. The average Bonchev–Trinajstić information content (AvgIpc) is 2.93. The molecule has 0 bridgehead atoms. The van der Waals surface area contributed by atoms with E-state index in [1.54, 1.807) is 13.8 Å². The SMILES string of the molecule is CC(=O)[C@@H](CCCNC(N)=O)NC(=O)C(NC(=O)CN1C(=O)C=CC1=O)C(C)C. The Morgan fingerprint density at radius 1 is 1.07 bits per heavy atom. The Labute approximate surface area is 168 Å². The third kappa shape index (κ3) is 7.72. The predicted octanol–water partition coefficient (Wildman–Crippen LogP) is -1.43. The second-order valence-electron chi connectivity index (χ2n) is 6.99. The molecular weight excluding hydrogens is 382 g/mol. The summed E-state index contributed by atoms with van der Waals surface area (Å²) < 4.78 is 0. The zero-order valence-electron chi connectivity index (χ0n) is 16.7. The molecule has 11 nitrogen and oxygen atoms in total. The summed E-state index contributed by atoms with van der Waals surface area (Å²) in [6, 6.07) is -2.43. The molecule has 0 aromatic carbocycles. The second-order valence-corrected chi connectivity index (χ2v) is 6.99.